The molecular weight excluding hydrogens is 382 g/mol. The quantitative estimate of drug-likeness (QED) is 0.517. The Labute approximate surface area is 174 Å². The molecule has 0 radical (unpaired) electrons. The number of aromatic nitrogens is 2. The van der Waals surface area contributed by atoms with Gasteiger partial charge in [-0.2, -0.15) is 5.10 Å². The summed E-state index contributed by atoms with van der Waals surface area (Å²) in [6.07, 6.45) is 3.04. The fourth-order valence-electron chi connectivity index (χ4n) is 3.69. The third-order valence-corrected chi connectivity index (χ3v) is 5.47. The van der Waals surface area contributed by atoms with Crippen molar-refractivity contribution >= 4 is 28.7 Å². The molecule has 2 N–H and O–H groups in total. The molecule has 1 aliphatic rings. The predicted octanol–water partition coefficient (Wildman–Crippen LogP) is 3.51. The Morgan fingerprint density at radius 3 is 2.59 bits per heavy atom. The van der Waals surface area contributed by atoms with E-state index >= 15 is 0 Å². The predicted molar refractivity (Wildman–Crippen MR) is 121 cm³/mol. The molecule has 7 heteroatoms. The maximum absolute atomic E-state index is 13.0. The van der Waals surface area contributed by atoms with Crippen LogP contribution in [0.3, 0.4) is 0 Å². The largest absolute Gasteiger partial charge is 0.325 e. The molecule has 1 aliphatic carbocycles. The minimum Gasteiger partial charge on any atom is -0.325 e. The number of rotatable bonds is 3. The molecule has 29 heavy (non-hydrogen) atoms. The first kappa shape index (κ1) is 19.1. The van der Waals surface area contributed by atoms with Crippen molar-refractivity contribution in [1.29, 1.82) is 0 Å². The van der Waals surface area contributed by atoms with Crippen LogP contribution in [0.1, 0.15) is 29.7 Å². The van der Waals surface area contributed by atoms with Gasteiger partial charge in [0.15, 0.2) is 5.11 Å². The third-order valence-electron chi connectivity index (χ3n) is 5.27. The van der Waals surface area contributed by atoms with Crippen LogP contribution in [0.4, 0.5) is 5.69 Å². The second-order valence-electron chi connectivity index (χ2n) is 7.07. The number of fused-ring (bicyclic) bond motifs is 1. The normalized spacial score (nSPS) is 14.5. The summed E-state index contributed by atoms with van der Waals surface area (Å²) < 4.78 is 3.43. The highest BCUT2D eigenvalue weighted by Crippen LogP contribution is 2.21. The monoisotopic (exact) mass is 405 g/mol. The number of para-hydroxylation sites is 1. The van der Waals surface area contributed by atoms with E-state index < -0.39 is 0 Å². The molecule has 0 amide bonds. The van der Waals surface area contributed by atoms with Crippen LogP contribution in [0.25, 0.3) is 5.69 Å². The van der Waals surface area contributed by atoms with Crippen molar-refractivity contribution in [2.75, 3.05) is 5.32 Å². The molecule has 0 atom stereocenters. The van der Waals surface area contributed by atoms with E-state index in [4.69, 9.17) is 12.2 Å². The van der Waals surface area contributed by atoms with Gasteiger partial charge in [-0.15, -0.1) is 0 Å². The van der Waals surface area contributed by atoms with Crippen LogP contribution < -0.4 is 16.3 Å². The fourth-order valence-corrected chi connectivity index (χ4v) is 3.84. The molecule has 6 nitrogen and oxygen atoms in total. The SMILES string of the molecule is Cc1c(NC(=S)N/N=C2/CCCc3ccccc32)c(=O)n(-c2ccccc2)n1C. The van der Waals surface area contributed by atoms with Crippen molar-refractivity contribution < 1.29 is 0 Å². The van der Waals surface area contributed by atoms with Crippen molar-refractivity contribution in [3.05, 3.63) is 81.8 Å². The molecule has 0 saturated heterocycles. The highest BCUT2D eigenvalue weighted by atomic mass is 32.1. The molecule has 3 aromatic rings. The van der Waals surface area contributed by atoms with Crippen LogP contribution in [-0.2, 0) is 13.5 Å². The molecule has 0 aliphatic heterocycles. The molecule has 2 aromatic carbocycles. The van der Waals surface area contributed by atoms with Crippen molar-refractivity contribution in [3.8, 4) is 5.69 Å². The Hall–Kier alpha value is -3.19. The lowest BCUT2D eigenvalue weighted by molar-refractivity contribution is 0.630. The van der Waals surface area contributed by atoms with Gasteiger partial charge in [-0.1, -0.05) is 42.5 Å². The number of benzene rings is 2. The van der Waals surface area contributed by atoms with Gasteiger partial charge in [0.2, 0.25) is 0 Å². The van der Waals surface area contributed by atoms with Crippen molar-refractivity contribution in [3.63, 3.8) is 0 Å². The Morgan fingerprint density at radius 2 is 1.79 bits per heavy atom. The average Bonchev–Trinajstić information content (AvgIpc) is 2.96. The average molecular weight is 406 g/mol. The fraction of sp³-hybridized carbons (Fsp3) is 0.227. The van der Waals surface area contributed by atoms with Gasteiger partial charge in [0.05, 0.1) is 17.1 Å². The van der Waals surface area contributed by atoms with Crippen molar-refractivity contribution in [1.82, 2.24) is 14.8 Å². The Bertz CT molecular complexity index is 1140. The standard InChI is InChI=1S/C22H23N5OS/c1-15-20(21(28)27(26(15)2)17-11-4-3-5-12-17)23-22(29)25-24-19-14-8-10-16-9-6-7-13-18(16)19/h3-7,9,11-13H,8,10,14H2,1-2H3,(H2,23,25,29)/b24-19-. The molecule has 0 unspecified atom stereocenters. The van der Waals surface area contributed by atoms with Crippen molar-refractivity contribution in [2.45, 2.75) is 26.2 Å². The van der Waals surface area contributed by atoms with Gasteiger partial charge in [0, 0.05) is 12.6 Å². The zero-order valence-corrected chi connectivity index (χ0v) is 17.3. The molecule has 0 fully saturated rings. The van der Waals surface area contributed by atoms with Crippen LogP contribution in [-0.4, -0.2) is 20.2 Å². The summed E-state index contributed by atoms with van der Waals surface area (Å²) >= 11 is 5.40. The molecule has 148 valence electrons. The molecule has 1 heterocycles. The summed E-state index contributed by atoms with van der Waals surface area (Å²) in [5, 5.41) is 7.84. The van der Waals surface area contributed by atoms with Crippen LogP contribution in [0.2, 0.25) is 0 Å². The van der Waals surface area contributed by atoms with Crippen molar-refractivity contribution in [2.24, 2.45) is 12.1 Å². The number of thiocarbonyl (C=S) groups is 1. The van der Waals surface area contributed by atoms with Gasteiger partial charge in [0.25, 0.3) is 5.56 Å². The second kappa shape index (κ2) is 8.05. The number of hydrazone groups is 1. The zero-order chi connectivity index (χ0) is 20.4. The van der Waals surface area contributed by atoms with Gasteiger partial charge in [0.1, 0.15) is 5.69 Å². The molecule has 4 rings (SSSR count). The van der Waals surface area contributed by atoms with E-state index in [9.17, 15) is 4.79 Å². The van der Waals surface area contributed by atoms with Gasteiger partial charge < -0.3 is 5.32 Å². The number of nitrogens with one attached hydrogen (secondary N) is 2. The van der Waals surface area contributed by atoms with Gasteiger partial charge in [-0.05, 0) is 56.1 Å². The zero-order valence-electron chi connectivity index (χ0n) is 16.5. The number of hydrogen-bond acceptors (Lipinski definition) is 3. The summed E-state index contributed by atoms with van der Waals surface area (Å²) in [6.45, 7) is 1.88. The number of aryl methyl sites for hydroxylation is 1. The van der Waals surface area contributed by atoms with E-state index in [1.807, 2.05) is 55.1 Å². The third kappa shape index (κ3) is 3.73. The molecule has 0 bridgehead atoms. The van der Waals surface area contributed by atoms with E-state index in [1.54, 1.807) is 4.68 Å². The Kier molecular flexibility index (Phi) is 5.31. The summed E-state index contributed by atoms with van der Waals surface area (Å²) in [6, 6.07) is 17.8. The minimum atomic E-state index is -0.156. The van der Waals surface area contributed by atoms with Crippen LogP contribution in [0, 0.1) is 6.92 Å². The lowest BCUT2D eigenvalue weighted by Crippen LogP contribution is -2.29. The maximum Gasteiger partial charge on any atom is 0.295 e. The summed E-state index contributed by atoms with van der Waals surface area (Å²) in [7, 11) is 1.85. The van der Waals surface area contributed by atoms with E-state index in [0.717, 1.165) is 41.9 Å². The van der Waals surface area contributed by atoms with Crippen LogP contribution in [0.15, 0.2) is 64.5 Å². The van der Waals surface area contributed by atoms with Gasteiger partial charge in [-0.25, -0.2) is 4.68 Å². The Morgan fingerprint density at radius 1 is 1.07 bits per heavy atom. The van der Waals surface area contributed by atoms with E-state index in [0.29, 0.717) is 10.8 Å². The summed E-state index contributed by atoms with van der Waals surface area (Å²) in [4.78, 5) is 13.0. The molecule has 0 spiro atoms. The Balaban J connectivity index is 1.55. The smallest absolute Gasteiger partial charge is 0.295 e. The van der Waals surface area contributed by atoms with Gasteiger partial charge >= 0.3 is 0 Å². The van der Waals surface area contributed by atoms with E-state index in [-0.39, 0.29) is 5.56 Å². The van der Waals surface area contributed by atoms with E-state index in [2.05, 4.69) is 34.0 Å². The highest BCUT2D eigenvalue weighted by molar-refractivity contribution is 7.80. The molecule has 1 aromatic heterocycles. The maximum atomic E-state index is 13.0. The number of anilines is 1. The molecular formula is C22H23N5OS. The minimum absolute atomic E-state index is 0.156. The summed E-state index contributed by atoms with van der Waals surface area (Å²) in [5.74, 6) is 0. The number of nitrogens with zero attached hydrogens (tertiary/aromatic N) is 3. The lowest BCUT2D eigenvalue weighted by atomic mass is 9.90. The first-order chi connectivity index (χ1) is 14.1. The second-order valence-corrected chi connectivity index (χ2v) is 7.48. The van der Waals surface area contributed by atoms with E-state index in [1.165, 1.54) is 5.56 Å². The lowest BCUT2D eigenvalue weighted by Gasteiger charge is -2.17. The molecule has 0 saturated carbocycles. The van der Waals surface area contributed by atoms with Crippen LogP contribution >= 0.6 is 12.2 Å². The van der Waals surface area contributed by atoms with Crippen LogP contribution in [0.5, 0.6) is 0 Å². The first-order valence-electron chi connectivity index (χ1n) is 9.62. The summed E-state index contributed by atoms with van der Waals surface area (Å²) in [5.41, 5.74) is 8.25. The number of hydrogen-bond donors (Lipinski definition) is 2. The highest BCUT2D eigenvalue weighted by Gasteiger charge is 2.18. The van der Waals surface area contributed by atoms with Gasteiger partial charge in [-0.3, -0.25) is 14.9 Å². The topological polar surface area (TPSA) is 63.4 Å². The first-order valence-corrected chi connectivity index (χ1v) is 10.0.